The lowest BCUT2D eigenvalue weighted by atomic mass is 9.93. The first-order valence-corrected chi connectivity index (χ1v) is 14.0. The highest BCUT2D eigenvalue weighted by Gasteiger charge is 2.40. The second kappa shape index (κ2) is 10.7. The fourth-order valence-corrected chi connectivity index (χ4v) is 6.21. The molecule has 0 saturated carbocycles. The summed E-state index contributed by atoms with van der Waals surface area (Å²) < 4.78 is 5.21. The Labute approximate surface area is 234 Å². The topological polar surface area (TPSA) is 73.4 Å². The molecular weight excluding hydrogens is 504 g/mol. The number of amides is 3. The molecule has 6 rings (SSSR count). The van der Waals surface area contributed by atoms with Crippen molar-refractivity contribution in [2.75, 3.05) is 61.1 Å². The number of hydrogen-bond donors (Lipinski definition) is 0. The normalized spacial score (nSPS) is 17.9. The number of rotatable bonds is 5. The van der Waals surface area contributed by atoms with Gasteiger partial charge in [-0.05, 0) is 67.8 Å². The van der Waals surface area contributed by atoms with E-state index in [1.807, 2.05) is 17.0 Å². The van der Waals surface area contributed by atoms with Crippen LogP contribution in [0.5, 0.6) is 5.75 Å². The van der Waals surface area contributed by atoms with Crippen LogP contribution in [0.15, 0.2) is 66.7 Å². The van der Waals surface area contributed by atoms with Gasteiger partial charge in [0.25, 0.3) is 11.8 Å². The number of benzene rings is 3. The second-order valence-corrected chi connectivity index (χ2v) is 10.7. The van der Waals surface area contributed by atoms with Crippen molar-refractivity contribution in [3.63, 3.8) is 0 Å². The summed E-state index contributed by atoms with van der Waals surface area (Å²) in [5, 5.41) is 0. The molecule has 206 valence electrons. The van der Waals surface area contributed by atoms with E-state index in [0.717, 1.165) is 44.7 Å². The van der Waals surface area contributed by atoms with Crippen LogP contribution in [0.25, 0.3) is 0 Å². The summed E-state index contributed by atoms with van der Waals surface area (Å²) in [5.41, 5.74) is 4.66. The van der Waals surface area contributed by atoms with Gasteiger partial charge in [-0.2, -0.15) is 0 Å². The average molecular weight is 539 g/mol. The van der Waals surface area contributed by atoms with Crippen molar-refractivity contribution in [2.45, 2.75) is 19.8 Å². The number of carbonyl (C=O) groups excluding carboxylic acids is 3. The molecule has 8 heteroatoms. The van der Waals surface area contributed by atoms with Crippen LogP contribution in [-0.4, -0.2) is 69.0 Å². The Balaban J connectivity index is 1.10. The molecule has 0 aromatic heterocycles. The highest BCUT2D eigenvalue weighted by Crippen LogP contribution is 2.37. The number of methoxy groups -OCH3 is 1. The third-order valence-electron chi connectivity index (χ3n) is 8.46. The van der Waals surface area contributed by atoms with Gasteiger partial charge in [-0.1, -0.05) is 24.3 Å². The molecule has 40 heavy (non-hydrogen) atoms. The van der Waals surface area contributed by atoms with Crippen LogP contribution in [0.2, 0.25) is 0 Å². The van der Waals surface area contributed by atoms with Crippen LogP contribution in [0.3, 0.4) is 0 Å². The largest absolute Gasteiger partial charge is 0.497 e. The van der Waals surface area contributed by atoms with Crippen molar-refractivity contribution in [1.82, 2.24) is 4.90 Å². The molecule has 0 bridgehead atoms. The van der Waals surface area contributed by atoms with Crippen LogP contribution < -0.4 is 19.4 Å². The van der Waals surface area contributed by atoms with E-state index in [1.165, 1.54) is 16.2 Å². The number of anilines is 3. The van der Waals surface area contributed by atoms with Crippen LogP contribution in [0.4, 0.5) is 17.1 Å². The first-order valence-electron chi connectivity index (χ1n) is 14.0. The SMILES string of the molecule is COc1ccc(N2C(=O)c3cccc(N4CCC(C(=O)N5CCN(c6ccccc6C)CC5)CC4)c3C2=O)cc1. The molecule has 0 atom stereocenters. The maximum atomic E-state index is 13.5. The molecule has 0 N–H and O–H groups in total. The lowest BCUT2D eigenvalue weighted by molar-refractivity contribution is -0.136. The van der Waals surface area contributed by atoms with E-state index in [0.29, 0.717) is 35.7 Å². The molecule has 3 aromatic carbocycles. The Kier molecular flexibility index (Phi) is 6.92. The lowest BCUT2D eigenvalue weighted by Gasteiger charge is -2.40. The summed E-state index contributed by atoms with van der Waals surface area (Å²) in [6.07, 6.45) is 1.45. The van der Waals surface area contributed by atoms with Crippen molar-refractivity contribution < 1.29 is 19.1 Å². The van der Waals surface area contributed by atoms with E-state index in [4.69, 9.17) is 4.74 Å². The molecule has 3 aliphatic heterocycles. The van der Waals surface area contributed by atoms with Gasteiger partial charge in [0.1, 0.15) is 5.75 Å². The van der Waals surface area contributed by atoms with Crippen LogP contribution in [-0.2, 0) is 4.79 Å². The van der Waals surface area contributed by atoms with E-state index in [-0.39, 0.29) is 23.6 Å². The molecule has 0 aliphatic carbocycles. The Morgan fingerprint density at radius 2 is 1.40 bits per heavy atom. The number of carbonyl (C=O) groups is 3. The summed E-state index contributed by atoms with van der Waals surface area (Å²) in [6, 6.07) is 20.8. The molecule has 0 radical (unpaired) electrons. The summed E-state index contributed by atoms with van der Waals surface area (Å²) in [6.45, 7) is 6.61. The predicted molar refractivity (Wildman–Crippen MR) is 155 cm³/mol. The van der Waals surface area contributed by atoms with Crippen molar-refractivity contribution in [2.24, 2.45) is 5.92 Å². The molecule has 0 spiro atoms. The van der Waals surface area contributed by atoms with Crippen LogP contribution >= 0.6 is 0 Å². The van der Waals surface area contributed by atoms with E-state index in [9.17, 15) is 14.4 Å². The molecule has 3 amide bonds. The molecule has 3 aromatic rings. The zero-order valence-electron chi connectivity index (χ0n) is 23.0. The Morgan fingerprint density at radius 1 is 0.750 bits per heavy atom. The molecule has 3 aliphatic rings. The number of piperidine rings is 1. The Bertz CT molecular complexity index is 1440. The second-order valence-electron chi connectivity index (χ2n) is 10.7. The van der Waals surface area contributed by atoms with Gasteiger partial charge < -0.3 is 19.4 Å². The Morgan fingerprint density at radius 3 is 2.08 bits per heavy atom. The quantitative estimate of drug-likeness (QED) is 0.450. The number of para-hydroxylation sites is 1. The summed E-state index contributed by atoms with van der Waals surface area (Å²) in [4.78, 5) is 48.0. The number of nitrogens with zero attached hydrogens (tertiary/aromatic N) is 4. The summed E-state index contributed by atoms with van der Waals surface area (Å²) in [5.74, 6) is 0.240. The lowest BCUT2D eigenvalue weighted by Crippen LogP contribution is -2.52. The standard InChI is InChI=1S/C32H34N4O4/c1-22-6-3-4-8-27(22)34-18-20-35(21-19-34)30(37)23-14-16-33(17-15-23)28-9-5-7-26-29(28)32(39)36(31(26)38)24-10-12-25(40-2)13-11-24/h3-13,23H,14-21H2,1-2H3. The maximum absolute atomic E-state index is 13.5. The fourth-order valence-electron chi connectivity index (χ4n) is 6.21. The first kappa shape index (κ1) is 25.9. The predicted octanol–water partition coefficient (Wildman–Crippen LogP) is 4.37. The zero-order valence-corrected chi connectivity index (χ0v) is 23.0. The van der Waals surface area contributed by atoms with Gasteiger partial charge in [-0.15, -0.1) is 0 Å². The van der Waals surface area contributed by atoms with Gasteiger partial charge in [0.05, 0.1) is 29.6 Å². The van der Waals surface area contributed by atoms with Gasteiger partial charge in [0, 0.05) is 50.9 Å². The number of imide groups is 1. The van der Waals surface area contributed by atoms with Gasteiger partial charge in [-0.3, -0.25) is 14.4 Å². The summed E-state index contributed by atoms with van der Waals surface area (Å²) >= 11 is 0. The zero-order chi connectivity index (χ0) is 27.8. The number of piperazine rings is 1. The van der Waals surface area contributed by atoms with E-state index in [1.54, 1.807) is 37.4 Å². The maximum Gasteiger partial charge on any atom is 0.268 e. The monoisotopic (exact) mass is 538 g/mol. The van der Waals surface area contributed by atoms with Crippen molar-refractivity contribution in [3.8, 4) is 5.75 Å². The fraction of sp³-hybridized carbons (Fsp3) is 0.344. The highest BCUT2D eigenvalue weighted by atomic mass is 16.5. The van der Waals surface area contributed by atoms with Crippen LogP contribution in [0.1, 0.15) is 39.1 Å². The number of hydrogen-bond acceptors (Lipinski definition) is 6. The summed E-state index contributed by atoms with van der Waals surface area (Å²) in [7, 11) is 1.58. The van der Waals surface area contributed by atoms with E-state index >= 15 is 0 Å². The third kappa shape index (κ3) is 4.57. The van der Waals surface area contributed by atoms with Gasteiger partial charge in [-0.25, -0.2) is 4.90 Å². The number of aryl methyl sites for hydroxylation is 1. The van der Waals surface area contributed by atoms with Gasteiger partial charge >= 0.3 is 0 Å². The van der Waals surface area contributed by atoms with Gasteiger partial charge in [0.15, 0.2) is 0 Å². The van der Waals surface area contributed by atoms with Crippen molar-refractivity contribution in [1.29, 1.82) is 0 Å². The van der Waals surface area contributed by atoms with Crippen LogP contribution in [0, 0.1) is 12.8 Å². The van der Waals surface area contributed by atoms with Crippen molar-refractivity contribution >= 4 is 34.8 Å². The minimum atomic E-state index is -0.318. The van der Waals surface area contributed by atoms with E-state index in [2.05, 4.69) is 41.0 Å². The first-order chi connectivity index (χ1) is 19.5. The highest BCUT2D eigenvalue weighted by molar-refractivity contribution is 6.36. The molecular formula is C32H34N4O4. The molecule has 3 heterocycles. The molecule has 8 nitrogen and oxygen atoms in total. The number of ether oxygens (including phenoxy) is 1. The van der Waals surface area contributed by atoms with Crippen molar-refractivity contribution in [3.05, 3.63) is 83.4 Å². The molecule has 2 fully saturated rings. The van der Waals surface area contributed by atoms with E-state index < -0.39 is 0 Å². The molecule has 0 unspecified atom stereocenters. The average Bonchev–Trinajstić information content (AvgIpc) is 3.26. The van der Waals surface area contributed by atoms with Gasteiger partial charge in [0.2, 0.25) is 5.91 Å². The number of fused-ring (bicyclic) bond motifs is 1. The Hall–Kier alpha value is -4.33. The smallest absolute Gasteiger partial charge is 0.268 e. The third-order valence-corrected chi connectivity index (χ3v) is 8.46. The minimum absolute atomic E-state index is 0.0221. The minimum Gasteiger partial charge on any atom is -0.497 e. The molecule has 2 saturated heterocycles.